The average Bonchev–Trinajstić information content (AvgIpc) is 2.58. The highest BCUT2D eigenvalue weighted by Gasteiger charge is 2.52. The van der Waals surface area contributed by atoms with Crippen molar-refractivity contribution in [2.24, 2.45) is 5.41 Å². The van der Waals surface area contributed by atoms with Gasteiger partial charge in [0.15, 0.2) is 5.78 Å². The summed E-state index contributed by atoms with van der Waals surface area (Å²) in [6.45, 7) is 2.01. The Labute approximate surface area is 111 Å². The van der Waals surface area contributed by atoms with Crippen LogP contribution in [-0.2, 0) is 14.3 Å². The second-order valence-corrected chi connectivity index (χ2v) is 4.93. The molecule has 0 aromatic heterocycles. The third-order valence-corrected chi connectivity index (χ3v) is 3.62. The lowest BCUT2D eigenvalue weighted by molar-refractivity contribution is -0.124. The minimum atomic E-state index is -0.954. The molecular formula is C13H14ClNO3. The van der Waals surface area contributed by atoms with E-state index >= 15 is 0 Å². The van der Waals surface area contributed by atoms with E-state index < -0.39 is 5.41 Å². The van der Waals surface area contributed by atoms with Crippen LogP contribution in [0.25, 0.3) is 0 Å². The predicted molar refractivity (Wildman–Crippen MR) is 67.9 cm³/mol. The van der Waals surface area contributed by atoms with Gasteiger partial charge in [-0.1, -0.05) is 17.7 Å². The summed E-state index contributed by atoms with van der Waals surface area (Å²) in [6.07, 6.45) is 4.70. The summed E-state index contributed by atoms with van der Waals surface area (Å²) in [6, 6.07) is 0. The molecule has 96 valence electrons. The number of ether oxygens (including phenoxy) is 1. The Balaban J connectivity index is 2.60. The number of ketones is 1. The van der Waals surface area contributed by atoms with E-state index in [1.54, 1.807) is 26.1 Å². The number of methoxy groups -OCH3 is 1. The molecule has 18 heavy (non-hydrogen) atoms. The van der Waals surface area contributed by atoms with E-state index in [9.17, 15) is 9.59 Å². The predicted octanol–water partition coefficient (Wildman–Crippen LogP) is 1.63. The van der Waals surface area contributed by atoms with E-state index in [2.05, 4.69) is 0 Å². The molecule has 5 heteroatoms. The molecular weight excluding hydrogens is 254 g/mol. The highest BCUT2D eigenvalue weighted by Crippen LogP contribution is 2.43. The minimum Gasteiger partial charge on any atom is -0.501 e. The molecule has 4 nitrogen and oxygen atoms in total. The van der Waals surface area contributed by atoms with Crippen molar-refractivity contribution < 1.29 is 14.3 Å². The summed E-state index contributed by atoms with van der Waals surface area (Å²) in [5, 5.41) is 0.377. The number of hydrogen-bond acceptors (Lipinski definition) is 3. The molecule has 1 aliphatic heterocycles. The fourth-order valence-corrected chi connectivity index (χ4v) is 2.58. The van der Waals surface area contributed by atoms with Crippen LogP contribution in [0.3, 0.4) is 0 Å². The quantitative estimate of drug-likeness (QED) is 0.536. The normalized spacial score (nSPS) is 30.0. The second-order valence-electron chi connectivity index (χ2n) is 4.49. The van der Waals surface area contributed by atoms with Gasteiger partial charge in [0, 0.05) is 24.7 Å². The fraction of sp³-hybridized carbons (Fsp3) is 0.385. The Morgan fingerprint density at radius 3 is 2.72 bits per heavy atom. The van der Waals surface area contributed by atoms with Gasteiger partial charge in [-0.2, -0.15) is 0 Å². The number of nitrogens with zero attached hydrogens (tertiary/aromatic N) is 1. The number of likely N-dealkylation sites (N-methyl/N-ethyl adjacent to an activating group) is 1. The molecule has 0 saturated carbocycles. The Hall–Kier alpha value is -1.55. The van der Waals surface area contributed by atoms with Gasteiger partial charge in [-0.05, 0) is 13.0 Å². The summed E-state index contributed by atoms with van der Waals surface area (Å²) in [5.74, 6) is 0.103. The number of likely N-dealkylation sites (tertiary alicyclic amines) is 1. The molecule has 1 heterocycles. The van der Waals surface area contributed by atoms with E-state index in [0.29, 0.717) is 22.9 Å². The maximum atomic E-state index is 12.3. The minimum absolute atomic E-state index is 0.181. The Morgan fingerprint density at radius 2 is 2.17 bits per heavy atom. The first-order valence-electron chi connectivity index (χ1n) is 5.54. The maximum Gasteiger partial charge on any atom is 0.254 e. The standard InChI is InChI=1S/C13H14ClNO3/c1-8(18-3)11-12(17)15(2)7-13(11)5-4-9(14)6-10(13)16/h4-6H,7H2,1-3H3/b11-8+. The van der Waals surface area contributed by atoms with Crippen LogP contribution in [0.1, 0.15) is 6.92 Å². The Bertz CT molecular complexity index is 518. The summed E-state index contributed by atoms with van der Waals surface area (Å²) in [7, 11) is 3.16. The molecule has 0 aromatic carbocycles. The molecule has 1 atom stereocenters. The number of carbonyl (C=O) groups excluding carboxylic acids is 2. The number of hydrogen-bond donors (Lipinski definition) is 0. The summed E-state index contributed by atoms with van der Waals surface area (Å²) >= 11 is 5.81. The van der Waals surface area contributed by atoms with Gasteiger partial charge in [0.2, 0.25) is 0 Å². The molecule has 0 radical (unpaired) electrons. The van der Waals surface area contributed by atoms with Crippen LogP contribution >= 0.6 is 11.6 Å². The van der Waals surface area contributed by atoms with Gasteiger partial charge in [0.05, 0.1) is 12.7 Å². The highest BCUT2D eigenvalue weighted by molar-refractivity contribution is 6.33. The lowest BCUT2D eigenvalue weighted by Crippen LogP contribution is -2.34. The van der Waals surface area contributed by atoms with Crippen molar-refractivity contribution in [1.82, 2.24) is 4.90 Å². The fourth-order valence-electron chi connectivity index (χ4n) is 2.42. The van der Waals surface area contributed by atoms with Crippen LogP contribution in [0, 0.1) is 5.41 Å². The van der Waals surface area contributed by atoms with Crippen molar-refractivity contribution in [3.63, 3.8) is 0 Å². The van der Waals surface area contributed by atoms with Gasteiger partial charge in [-0.25, -0.2) is 0 Å². The van der Waals surface area contributed by atoms with Gasteiger partial charge in [-0.3, -0.25) is 9.59 Å². The molecule has 2 rings (SSSR count). The van der Waals surface area contributed by atoms with Crippen molar-refractivity contribution >= 4 is 23.3 Å². The van der Waals surface area contributed by atoms with Crippen LogP contribution < -0.4 is 0 Å². The van der Waals surface area contributed by atoms with Crippen LogP contribution in [0.5, 0.6) is 0 Å². The molecule has 1 amide bonds. The summed E-state index contributed by atoms with van der Waals surface area (Å²) in [4.78, 5) is 25.9. The molecule has 1 fully saturated rings. The number of halogens is 1. The first-order valence-corrected chi connectivity index (χ1v) is 5.92. The molecule has 2 aliphatic rings. The molecule has 0 bridgehead atoms. The largest absolute Gasteiger partial charge is 0.501 e. The second kappa shape index (κ2) is 4.28. The molecule has 1 saturated heterocycles. The zero-order chi connectivity index (χ0) is 13.5. The first kappa shape index (κ1) is 12.9. The third kappa shape index (κ3) is 1.68. The lowest BCUT2D eigenvalue weighted by atomic mass is 9.75. The zero-order valence-electron chi connectivity index (χ0n) is 10.5. The van der Waals surface area contributed by atoms with Crippen LogP contribution in [-0.4, -0.2) is 37.3 Å². The number of rotatable bonds is 1. The summed E-state index contributed by atoms with van der Waals surface area (Å²) < 4.78 is 5.15. The van der Waals surface area contributed by atoms with Crippen molar-refractivity contribution in [3.8, 4) is 0 Å². The smallest absolute Gasteiger partial charge is 0.254 e. The molecule has 0 aromatic rings. The van der Waals surface area contributed by atoms with Crippen molar-refractivity contribution in [2.75, 3.05) is 20.7 Å². The monoisotopic (exact) mass is 267 g/mol. The third-order valence-electron chi connectivity index (χ3n) is 3.39. The van der Waals surface area contributed by atoms with Gasteiger partial charge in [-0.15, -0.1) is 0 Å². The topological polar surface area (TPSA) is 46.6 Å². The van der Waals surface area contributed by atoms with Crippen LogP contribution in [0.2, 0.25) is 0 Å². The maximum absolute atomic E-state index is 12.3. The van der Waals surface area contributed by atoms with Crippen LogP contribution in [0.4, 0.5) is 0 Å². The Morgan fingerprint density at radius 1 is 1.50 bits per heavy atom. The van der Waals surface area contributed by atoms with E-state index in [1.165, 1.54) is 18.1 Å². The number of amides is 1. The van der Waals surface area contributed by atoms with Crippen molar-refractivity contribution in [2.45, 2.75) is 6.92 Å². The molecule has 1 spiro atoms. The van der Waals surface area contributed by atoms with Crippen molar-refractivity contribution in [3.05, 3.63) is 34.6 Å². The molecule has 1 aliphatic carbocycles. The molecule has 0 N–H and O–H groups in total. The van der Waals surface area contributed by atoms with Crippen LogP contribution in [0.15, 0.2) is 34.6 Å². The van der Waals surface area contributed by atoms with E-state index in [4.69, 9.17) is 16.3 Å². The van der Waals surface area contributed by atoms with E-state index in [1.807, 2.05) is 0 Å². The van der Waals surface area contributed by atoms with E-state index in [0.717, 1.165) is 0 Å². The first-order chi connectivity index (χ1) is 8.42. The number of allylic oxidation sites excluding steroid dienone is 4. The van der Waals surface area contributed by atoms with Gasteiger partial charge >= 0.3 is 0 Å². The van der Waals surface area contributed by atoms with Gasteiger partial charge < -0.3 is 9.64 Å². The zero-order valence-corrected chi connectivity index (χ0v) is 11.2. The SMILES string of the molecule is CO/C(C)=C1\C(=O)N(C)CC12C=CC(Cl)=CC2=O. The van der Waals surface area contributed by atoms with E-state index in [-0.39, 0.29) is 11.7 Å². The Kier molecular flexibility index (Phi) is 3.07. The lowest BCUT2D eigenvalue weighted by Gasteiger charge is -2.25. The van der Waals surface area contributed by atoms with Gasteiger partial charge in [0.1, 0.15) is 11.2 Å². The highest BCUT2D eigenvalue weighted by atomic mass is 35.5. The van der Waals surface area contributed by atoms with Gasteiger partial charge in [0.25, 0.3) is 5.91 Å². The number of carbonyl (C=O) groups is 2. The molecule has 1 unspecified atom stereocenters. The average molecular weight is 268 g/mol. The summed E-state index contributed by atoms with van der Waals surface area (Å²) in [5.41, 5.74) is -0.557. The van der Waals surface area contributed by atoms with Crippen molar-refractivity contribution in [1.29, 1.82) is 0 Å².